The molecule has 0 bridgehead atoms. The third-order valence-electron chi connectivity index (χ3n) is 4.97. The van der Waals surface area contributed by atoms with E-state index in [4.69, 9.17) is 0 Å². The van der Waals surface area contributed by atoms with Crippen molar-refractivity contribution in [3.63, 3.8) is 0 Å². The Kier molecular flexibility index (Phi) is 7.10. The second-order valence-corrected chi connectivity index (χ2v) is 9.94. The molecule has 2 aromatic carbocycles. The highest BCUT2D eigenvalue weighted by Crippen LogP contribution is 2.23. The smallest absolute Gasteiger partial charge is 0.261 e. The summed E-state index contributed by atoms with van der Waals surface area (Å²) in [6, 6.07) is 11.9. The van der Waals surface area contributed by atoms with Crippen molar-refractivity contribution in [2.24, 2.45) is 0 Å². The molecule has 2 aromatic rings. The second kappa shape index (κ2) is 9.62. The minimum Gasteiger partial charge on any atom is -0.352 e. The molecule has 9 heteroatoms. The minimum absolute atomic E-state index is 0.00164. The summed E-state index contributed by atoms with van der Waals surface area (Å²) >= 11 is 0. The van der Waals surface area contributed by atoms with Crippen LogP contribution < -0.4 is 10.0 Å². The third-order valence-corrected chi connectivity index (χ3v) is 6.52. The predicted molar refractivity (Wildman–Crippen MR) is 120 cm³/mol. The van der Waals surface area contributed by atoms with Crippen LogP contribution in [0.1, 0.15) is 57.7 Å². The fraction of sp³-hybridized carbons (Fsp3) is 0.348. The van der Waals surface area contributed by atoms with Gasteiger partial charge in [0.25, 0.3) is 11.8 Å². The molecule has 2 N–H and O–H groups in total. The van der Waals surface area contributed by atoms with Gasteiger partial charge in [0.15, 0.2) is 0 Å². The molecular weight excluding hydrogens is 430 g/mol. The maximum Gasteiger partial charge on any atom is 0.261 e. The molecule has 0 aliphatic carbocycles. The molecule has 3 amide bonds. The zero-order valence-corrected chi connectivity index (χ0v) is 19.2. The molecule has 8 nitrogen and oxygen atoms in total. The number of amides is 3. The van der Waals surface area contributed by atoms with E-state index in [0.29, 0.717) is 16.7 Å². The predicted octanol–water partition coefficient (Wildman–Crippen LogP) is 2.13. The van der Waals surface area contributed by atoms with Gasteiger partial charge in [-0.05, 0) is 44.0 Å². The maximum absolute atomic E-state index is 12.5. The number of nitrogens with zero attached hydrogens (tertiary/aromatic N) is 1. The summed E-state index contributed by atoms with van der Waals surface area (Å²) in [4.78, 5) is 38.2. The van der Waals surface area contributed by atoms with Crippen LogP contribution in [-0.4, -0.2) is 43.6 Å². The van der Waals surface area contributed by atoms with Crippen molar-refractivity contribution >= 4 is 27.7 Å². The Morgan fingerprint density at radius 3 is 2.25 bits per heavy atom. The molecule has 32 heavy (non-hydrogen) atoms. The molecule has 0 unspecified atom stereocenters. The van der Waals surface area contributed by atoms with E-state index in [9.17, 15) is 22.8 Å². The molecule has 1 heterocycles. The highest BCUT2D eigenvalue weighted by molar-refractivity contribution is 7.88. The zero-order chi connectivity index (χ0) is 23.5. The van der Waals surface area contributed by atoms with Crippen LogP contribution in [0, 0.1) is 6.92 Å². The van der Waals surface area contributed by atoms with Gasteiger partial charge in [0.2, 0.25) is 15.9 Å². The number of benzene rings is 2. The average molecular weight is 458 g/mol. The normalized spacial score (nSPS) is 13.6. The quantitative estimate of drug-likeness (QED) is 0.560. The molecule has 0 fully saturated rings. The van der Waals surface area contributed by atoms with E-state index in [1.807, 2.05) is 6.92 Å². The van der Waals surface area contributed by atoms with Gasteiger partial charge < -0.3 is 5.32 Å². The number of sulfonamides is 1. The van der Waals surface area contributed by atoms with Crippen LogP contribution in [0.2, 0.25) is 0 Å². The number of imide groups is 1. The van der Waals surface area contributed by atoms with Crippen LogP contribution in [0.15, 0.2) is 42.5 Å². The van der Waals surface area contributed by atoms with Crippen LogP contribution in [-0.2, 0) is 27.1 Å². The Balaban J connectivity index is 1.48. The standard InChI is InChI=1S/C23H27N3O5S/c1-15(2)25-32(30,31)14-18-7-5-17(6-8-18)13-24-21(27)10-11-26-22(28)19-9-4-16(3)12-20(19)23(26)29/h4-9,12,15,25H,10-11,13-14H2,1-3H3,(H,24,27). The SMILES string of the molecule is Cc1ccc2c(c1)C(=O)N(CCC(=O)NCc1ccc(CS(=O)(=O)NC(C)C)cc1)C2=O. The molecule has 170 valence electrons. The molecule has 0 atom stereocenters. The lowest BCUT2D eigenvalue weighted by molar-refractivity contribution is -0.121. The van der Waals surface area contributed by atoms with E-state index in [1.54, 1.807) is 56.3 Å². The van der Waals surface area contributed by atoms with Crippen LogP contribution in [0.3, 0.4) is 0 Å². The number of aryl methyl sites for hydroxylation is 1. The van der Waals surface area contributed by atoms with Crippen molar-refractivity contribution in [1.82, 2.24) is 14.9 Å². The average Bonchev–Trinajstić information content (AvgIpc) is 2.94. The van der Waals surface area contributed by atoms with Crippen LogP contribution >= 0.6 is 0 Å². The lowest BCUT2D eigenvalue weighted by Crippen LogP contribution is -2.34. The van der Waals surface area contributed by atoms with Crippen molar-refractivity contribution in [2.45, 2.75) is 45.5 Å². The van der Waals surface area contributed by atoms with Crippen molar-refractivity contribution in [2.75, 3.05) is 6.54 Å². The van der Waals surface area contributed by atoms with Crippen LogP contribution in [0.4, 0.5) is 0 Å². The van der Waals surface area contributed by atoms with Gasteiger partial charge in [0, 0.05) is 25.6 Å². The fourth-order valence-electron chi connectivity index (χ4n) is 3.48. The van der Waals surface area contributed by atoms with Gasteiger partial charge in [-0.3, -0.25) is 19.3 Å². The Bertz CT molecular complexity index is 1140. The first-order valence-corrected chi connectivity index (χ1v) is 12.0. The lowest BCUT2D eigenvalue weighted by Gasteiger charge is -2.13. The number of hydrogen-bond donors (Lipinski definition) is 2. The number of nitrogens with one attached hydrogen (secondary N) is 2. The van der Waals surface area contributed by atoms with Gasteiger partial charge in [-0.1, -0.05) is 35.9 Å². The largest absolute Gasteiger partial charge is 0.352 e. The Hall–Kier alpha value is -3.04. The Morgan fingerprint density at radius 1 is 0.969 bits per heavy atom. The van der Waals surface area contributed by atoms with E-state index in [2.05, 4.69) is 10.0 Å². The van der Waals surface area contributed by atoms with Gasteiger partial charge in [-0.15, -0.1) is 0 Å². The summed E-state index contributed by atoms with van der Waals surface area (Å²) in [6.45, 7) is 5.65. The number of rotatable bonds is 9. The lowest BCUT2D eigenvalue weighted by atomic mass is 10.1. The molecule has 0 radical (unpaired) electrons. The van der Waals surface area contributed by atoms with E-state index >= 15 is 0 Å². The first-order valence-electron chi connectivity index (χ1n) is 10.4. The summed E-state index contributed by atoms with van der Waals surface area (Å²) in [5, 5.41) is 2.76. The van der Waals surface area contributed by atoms with Gasteiger partial charge in [-0.2, -0.15) is 0 Å². The highest BCUT2D eigenvalue weighted by atomic mass is 32.2. The van der Waals surface area contributed by atoms with Crippen LogP contribution in [0.25, 0.3) is 0 Å². The van der Waals surface area contributed by atoms with E-state index in [-0.39, 0.29) is 49.0 Å². The summed E-state index contributed by atoms with van der Waals surface area (Å²) in [5.74, 6) is -1.16. The van der Waals surface area contributed by atoms with Gasteiger partial charge in [0.1, 0.15) is 0 Å². The number of carbonyl (C=O) groups is 3. The molecule has 3 rings (SSSR count). The van der Waals surface area contributed by atoms with Gasteiger partial charge in [-0.25, -0.2) is 13.1 Å². The maximum atomic E-state index is 12.5. The monoisotopic (exact) mass is 457 g/mol. The van der Waals surface area contributed by atoms with E-state index in [1.165, 1.54) is 0 Å². The molecule has 0 aromatic heterocycles. The molecule has 0 saturated carbocycles. The molecule has 1 aliphatic rings. The van der Waals surface area contributed by atoms with Crippen molar-refractivity contribution in [3.8, 4) is 0 Å². The first-order chi connectivity index (χ1) is 15.1. The summed E-state index contributed by atoms with van der Waals surface area (Å²) in [7, 11) is -3.40. The van der Waals surface area contributed by atoms with Crippen molar-refractivity contribution in [1.29, 1.82) is 0 Å². The Morgan fingerprint density at radius 2 is 1.59 bits per heavy atom. The molecule has 1 aliphatic heterocycles. The van der Waals surface area contributed by atoms with E-state index in [0.717, 1.165) is 16.0 Å². The van der Waals surface area contributed by atoms with Crippen LogP contribution in [0.5, 0.6) is 0 Å². The van der Waals surface area contributed by atoms with Gasteiger partial charge >= 0.3 is 0 Å². The fourth-order valence-corrected chi connectivity index (χ4v) is 4.92. The highest BCUT2D eigenvalue weighted by Gasteiger charge is 2.35. The number of hydrogen-bond acceptors (Lipinski definition) is 5. The summed E-state index contributed by atoms with van der Waals surface area (Å²) < 4.78 is 26.5. The first kappa shape index (κ1) is 23.6. The summed E-state index contributed by atoms with van der Waals surface area (Å²) in [5.41, 5.74) is 3.10. The number of carbonyl (C=O) groups excluding carboxylic acids is 3. The zero-order valence-electron chi connectivity index (χ0n) is 18.3. The Labute approximate surface area is 188 Å². The van der Waals surface area contributed by atoms with Gasteiger partial charge in [0.05, 0.1) is 16.9 Å². The summed E-state index contributed by atoms with van der Waals surface area (Å²) in [6.07, 6.45) is 0.00164. The second-order valence-electron chi connectivity index (χ2n) is 8.19. The molecule has 0 saturated heterocycles. The third kappa shape index (κ3) is 5.80. The van der Waals surface area contributed by atoms with Crippen molar-refractivity contribution < 1.29 is 22.8 Å². The van der Waals surface area contributed by atoms with E-state index < -0.39 is 10.0 Å². The van der Waals surface area contributed by atoms with Crippen molar-refractivity contribution in [3.05, 3.63) is 70.3 Å². The topological polar surface area (TPSA) is 113 Å². The molecular formula is C23H27N3O5S. The minimum atomic E-state index is -3.40. The number of fused-ring (bicyclic) bond motifs is 1. The molecule has 0 spiro atoms.